The monoisotopic (exact) mass is 239 g/mol. The topological polar surface area (TPSA) is 76.3 Å². The summed E-state index contributed by atoms with van der Waals surface area (Å²) in [4.78, 5) is 3.85. The SMILES string of the molecule is C#CCN(C)S(=O)(=O)c1ccc(CN)cn1. The van der Waals surface area contributed by atoms with Gasteiger partial charge in [0, 0.05) is 19.8 Å². The molecule has 1 heterocycles. The van der Waals surface area contributed by atoms with E-state index in [4.69, 9.17) is 12.2 Å². The minimum atomic E-state index is -3.59. The number of aromatic nitrogens is 1. The largest absolute Gasteiger partial charge is 0.326 e. The minimum Gasteiger partial charge on any atom is -0.326 e. The summed E-state index contributed by atoms with van der Waals surface area (Å²) in [6, 6.07) is 3.05. The highest BCUT2D eigenvalue weighted by Gasteiger charge is 2.20. The average Bonchev–Trinajstić information content (AvgIpc) is 2.29. The molecule has 16 heavy (non-hydrogen) atoms. The zero-order chi connectivity index (χ0) is 12.2. The van der Waals surface area contributed by atoms with Gasteiger partial charge < -0.3 is 5.73 Å². The first-order valence-electron chi connectivity index (χ1n) is 4.57. The maximum Gasteiger partial charge on any atom is 0.261 e. The Labute approximate surface area is 95.3 Å². The molecule has 6 heteroatoms. The van der Waals surface area contributed by atoms with Gasteiger partial charge in [-0.25, -0.2) is 13.4 Å². The van der Waals surface area contributed by atoms with Gasteiger partial charge >= 0.3 is 0 Å². The molecule has 0 unspecified atom stereocenters. The molecule has 0 bridgehead atoms. The third-order valence-corrected chi connectivity index (χ3v) is 3.74. The summed E-state index contributed by atoms with van der Waals surface area (Å²) in [5.41, 5.74) is 6.17. The van der Waals surface area contributed by atoms with Crippen LogP contribution in [0, 0.1) is 12.3 Å². The van der Waals surface area contributed by atoms with Crippen molar-refractivity contribution >= 4 is 10.0 Å². The standard InChI is InChI=1S/C10H13N3O2S/c1-3-6-13(2)16(14,15)10-5-4-9(7-11)8-12-10/h1,4-5,8H,6-7,11H2,2H3. The van der Waals surface area contributed by atoms with E-state index in [9.17, 15) is 8.42 Å². The molecule has 0 aromatic carbocycles. The number of terminal acetylenes is 1. The lowest BCUT2D eigenvalue weighted by Gasteiger charge is -2.13. The van der Waals surface area contributed by atoms with Crippen LogP contribution >= 0.6 is 0 Å². The van der Waals surface area contributed by atoms with Crippen LogP contribution in [-0.4, -0.2) is 31.3 Å². The highest BCUT2D eigenvalue weighted by atomic mass is 32.2. The predicted molar refractivity (Wildman–Crippen MR) is 60.8 cm³/mol. The van der Waals surface area contributed by atoms with Gasteiger partial charge in [0.2, 0.25) is 0 Å². The highest BCUT2D eigenvalue weighted by Crippen LogP contribution is 2.11. The molecular weight excluding hydrogens is 226 g/mol. The molecule has 0 saturated heterocycles. The van der Waals surface area contributed by atoms with E-state index in [2.05, 4.69) is 10.9 Å². The second-order valence-corrected chi connectivity index (χ2v) is 5.17. The van der Waals surface area contributed by atoms with E-state index in [1.54, 1.807) is 6.07 Å². The Hall–Kier alpha value is -1.42. The highest BCUT2D eigenvalue weighted by molar-refractivity contribution is 7.89. The van der Waals surface area contributed by atoms with Gasteiger partial charge in [0.1, 0.15) is 0 Å². The lowest BCUT2D eigenvalue weighted by Crippen LogP contribution is -2.28. The summed E-state index contributed by atoms with van der Waals surface area (Å²) in [5.74, 6) is 2.26. The Balaban J connectivity index is 3.04. The Morgan fingerprint density at radius 3 is 2.69 bits per heavy atom. The van der Waals surface area contributed by atoms with Gasteiger partial charge in [0.05, 0.1) is 6.54 Å². The summed E-state index contributed by atoms with van der Waals surface area (Å²) < 4.78 is 24.8. The predicted octanol–water partition coefficient (Wildman–Crippen LogP) is -0.206. The molecule has 0 fully saturated rings. The number of hydrogen-bond donors (Lipinski definition) is 1. The molecule has 0 aliphatic heterocycles. The van der Waals surface area contributed by atoms with Crippen LogP contribution in [0.15, 0.2) is 23.4 Å². The number of nitrogens with two attached hydrogens (primary N) is 1. The number of nitrogens with zero attached hydrogens (tertiary/aromatic N) is 2. The van der Waals surface area contributed by atoms with Gasteiger partial charge in [-0.1, -0.05) is 12.0 Å². The van der Waals surface area contributed by atoms with Crippen LogP contribution < -0.4 is 5.73 Å². The van der Waals surface area contributed by atoms with Crippen molar-refractivity contribution in [2.24, 2.45) is 5.73 Å². The third-order valence-electron chi connectivity index (χ3n) is 2.02. The molecular formula is C10H13N3O2S. The van der Waals surface area contributed by atoms with Crippen LogP contribution in [-0.2, 0) is 16.6 Å². The number of rotatable bonds is 4. The van der Waals surface area contributed by atoms with E-state index in [0.717, 1.165) is 9.87 Å². The van der Waals surface area contributed by atoms with Crippen molar-refractivity contribution in [1.82, 2.24) is 9.29 Å². The molecule has 1 aromatic rings. The first-order chi connectivity index (χ1) is 7.52. The Bertz CT molecular complexity index is 488. The summed E-state index contributed by atoms with van der Waals surface area (Å²) in [5, 5.41) is -0.0255. The van der Waals surface area contributed by atoms with Crippen molar-refractivity contribution in [3.05, 3.63) is 23.9 Å². The van der Waals surface area contributed by atoms with Crippen molar-refractivity contribution in [1.29, 1.82) is 0 Å². The van der Waals surface area contributed by atoms with Crippen LogP contribution in [0.3, 0.4) is 0 Å². The van der Waals surface area contributed by atoms with E-state index >= 15 is 0 Å². The van der Waals surface area contributed by atoms with Gasteiger partial charge in [-0.3, -0.25) is 0 Å². The second kappa shape index (κ2) is 5.07. The van der Waals surface area contributed by atoms with Crippen molar-refractivity contribution in [2.75, 3.05) is 13.6 Å². The van der Waals surface area contributed by atoms with Gasteiger partial charge in [-0.15, -0.1) is 6.42 Å². The molecule has 0 aliphatic rings. The molecule has 0 saturated carbocycles. The fraction of sp³-hybridized carbons (Fsp3) is 0.300. The normalized spacial score (nSPS) is 11.4. The third kappa shape index (κ3) is 2.58. The van der Waals surface area contributed by atoms with Crippen LogP contribution in [0.2, 0.25) is 0 Å². The lowest BCUT2D eigenvalue weighted by molar-refractivity contribution is 0.499. The first-order valence-corrected chi connectivity index (χ1v) is 6.01. The summed E-state index contributed by atoms with van der Waals surface area (Å²) in [6.45, 7) is 0.343. The van der Waals surface area contributed by atoms with E-state index < -0.39 is 10.0 Å². The molecule has 0 amide bonds. The van der Waals surface area contributed by atoms with Crippen LogP contribution in [0.1, 0.15) is 5.56 Å². The van der Waals surface area contributed by atoms with Crippen molar-refractivity contribution in [3.8, 4) is 12.3 Å². The first kappa shape index (κ1) is 12.6. The fourth-order valence-electron chi connectivity index (χ4n) is 1.06. The second-order valence-electron chi connectivity index (χ2n) is 3.17. The number of hydrogen-bond acceptors (Lipinski definition) is 4. The summed E-state index contributed by atoms with van der Waals surface area (Å²) in [6.07, 6.45) is 6.50. The van der Waals surface area contributed by atoms with Gasteiger partial charge in [0.25, 0.3) is 10.0 Å². The van der Waals surface area contributed by atoms with Gasteiger partial charge in [-0.05, 0) is 11.6 Å². The lowest BCUT2D eigenvalue weighted by atomic mass is 10.3. The van der Waals surface area contributed by atoms with Crippen molar-refractivity contribution < 1.29 is 8.42 Å². The zero-order valence-corrected chi connectivity index (χ0v) is 9.74. The molecule has 0 spiro atoms. The minimum absolute atomic E-state index is 0.0165. The maximum atomic E-state index is 11.9. The molecule has 1 rings (SSSR count). The molecule has 86 valence electrons. The molecule has 0 atom stereocenters. The fourth-order valence-corrected chi connectivity index (χ4v) is 2.05. The smallest absolute Gasteiger partial charge is 0.261 e. The Kier molecular flexibility index (Phi) is 4.01. The van der Waals surface area contributed by atoms with Crippen molar-refractivity contribution in [3.63, 3.8) is 0 Å². The maximum absolute atomic E-state index is 11.9. The Morgan fingerprint density at radius 1 is 1.56 bits per heavy atom. The van der Waals surface area contributed by atoms with E-state index in [1.807, 2.05) is 0 Å². The number of sulfonamides is 1. The quantitative estimate of drug-likeness (QED) is 0.738. The van der Waals surface area contributed by atoms with E-state index in [-0.39, 0.29) is 11.6 Å². The summed E-state index contributed by atoms with van der Waals surface area (Å²) in [7, 11) is -2.18. The Morgan fingerprint density at radius 2 is 2.25 bits per heavy atom. The average molecular weight is 239 g/mol. The molecule has 2 N–H and O–H groups in total. The van der Waals surface area contributed by atoms with Gasteiger partial charge in [0.15, 0.2) is 5.03 Å². The molecule has 5 nitrogen and oxygen atoms in total. The zero-order valence-electron chi connectivity index (χ0n) is 8.92. The van der Waals surface area contributed by atoms with Crippen LogP contribution in [0.25, 0.3) is 0 Å². The van der Waals surface area contributed by atoms with Crippen LogP contribution in [0.5, 0.6) is 0 Å². The van der Waals surface area contributed by atoms with E-state index in [1.165, 1.54) is 19.3 Å². The van der Waals surface area contributed by atoms with E-state index in [0.29, 0.717) is 6.54 Å². The number of pyridine rings is 1. The molecule has 0 aliphatic carbocycles. The van der Waals surface area contributed by atoms with Crippen molar-refractivity contribution in [2.45, 2.75) is 11.6 Å². The molecule has 1 aromatic heterocycles. The van der Waals surface area contributed by atoms with Crippen LogP contribution in [0.4, 0.5) is 0 Å². The molecule has 0 radical (unpaired) electrons. The van der Waals surface area contributed by atoms with Gasteiger partial charge in [-0.2, -0.15) is 4.31 Å². The summed E-state index contributed by atoms with van der Waals surface area (Å²) >= 11 is 0.